The lowest BCUT2D eigenvalue weighted by atomic mass is 10.1. The molecule has 3 aromatic rings. The van der Waals surface area contributed by atoms with Gasteiger partial charge >= 0.3 is 0 Å². The number of anilines is 2. The van der Waals surface area contributed by atoms with Crippen molar-refractivity contribution in [2.45, 2.75) is 32.2 Å². The number of hydrogen-bond acceptors (Lipinski definition) is 5. The minimum absolute atomic E-state index is 0.0483. The monoisotopic (exact) mass is 507 g/mol. The third kappa shape index (κ3) is 5.27. The summed E-state index contributed by atoms with van der Waals surface area (Å²) < 4.78 is 32.3. The van der Waals surface area contributed by atoms with Gasteiger partial charge in [-0.1, -0.05) is 43.7 Å². The van der Waals surface area contributed by atoms with E-state index in [0.29, 0.717) is 42.3 Å². The van der Waals surface area contributed by atoms with Gasteiger partial charge in [0.2, 0.25) is 10.0 Å². The van der Waals surface area contributed by atoms with Gasteiger partial charge in [0, 0.05) is 24.3 Å². The first kappa shape index (κ1) is 25.4. The van der Waals surface area contributed by atoms with Crippen LogP contribution in [0.2, 0.25) is 0 Å². The Balaban J connectivity index is 1.53. The van der Waals surface area contributed by atoms with Gasteiger partial charge in [0.15, 0.2) is 6.61 Å². The minimum Gasteiger partial charge on any atom is -0.482 e. The van der Waals surface area contributed by atoms with E-state index in [2.05, 4.69) is 5.32 Å². The molecule has 0 spiro atoms. The number of rotatable bonds is 8. The van der Waals surface area contributed by atoms with Gasteiger partial charge in [-0.05, 0) is 55.0 Å². The summed E-state index contributed by atoms with van der Waals surface area (Å²) >= 11 is 0. The van der Waals surface area contributed by atoms with E-state index >= 15 is 0 Å². The van der Waals surface area contributed by atoms with Crippen molar-refractivity contribution in [3.05, 3.63) is 83.4 Å². The van der Waals surface area contributed by atoms with Crippen molar-refractivity contribution in [1.82, 2.24) is 4.31 Å². The number of hydrogen-bond donors (Lipinski definition) is 1. The highest BCUT2D eigenvalue weighted by Gasteiger charge is 2.26. The van der Waals surface area contributed by atoms with Gasteiger partial charge in [-0.15, -0.1) is 0 Å². The van der Waals surface area contributed by atoms with Crippen molar-refractivity contribution in [1.29, 1.82) is 0 Å². The molecule has 0 aliphatic carbocycles. The van der Waals surface area contributed by atoms with E-state index in [-0.39, 0.29) is 17.4 Å². The SMILES string of the molecule is CCN(CC)S(=O)(=O)c1ccc(C(=O)Nc2ccc3c(c2)N(Cc2ccc(C)cc2)C(=O)CO3)cc1. The van der Waals surface area contributed by atoms with Gasteiger partial charge in [-0.3, -0.25) is 9.59 Å². The summed E-state index contributed by atoms with van der Waals surface area (Å²) in [6.45, 7) is 6.64. The fourth-order valence-electron chi connectivity index (χ4n) is 4.02. The molecule has 0 radical (unpaired) electrons. The molecule has 4 rings (SSSR count). The summed E-state index contributed by atoms with van der Waals surface area (Å²) in [5.74, 6) is -0.00268. The van der Waals surface area contributed by atoms with Crippen LogP contribution in [0.15, 0.2) is 71.6 Å². The lowest BCUT2D eigenvalue weighted by molar-refractivity contribution is -0.121. The number of fused-ring (bicyclic) bond motifs is 1. The molecule has 0 fully saturated rings. The van der Waals surface area contributed by atoms with E-state index in [1.165, 1.54) is 28.6 Å². The van der Waals surface area contributed by atoms with Crippen molar-refractivity contribution < 1.29 is 22.7 Å². The van der Waals surface area contributed by atoms with Crippen LogP contribution >= 0.6 is 0 Å². The van der Waals surface area contributed by atoms with Crippen LogP contribution in [-0.4, -0.2) is 44.2 Å². The zero-order valence-electron chi connectivity index (χ0n) is 20.5. The fraction of sp³-hybridized carbons (Fsp3) is 0.259. The first-order chi connectivity index (χ1) is 17.2. The summed E-state index contributed by atoms with van der Waals surface area (Å²) in [6, 6.07) is 18.9. The molecule has 2 amide bonds. The zero-order valence-corrected chi connectivity index (χ0v) is 21.3. The minimum atomic E-state index is -3.60. The maximum Gasteiger partial charge on any atom is 0.265 e. The second-order valence-corrected chi connectivity index (χ2v) is 10.4. The van der Waals surface area contributed by atoms with Crippen molar-refractivity contribution in [2.75, 3.05) is 29.9 Å². The molecule has 1 heterocycles. The second-order valence-electron chi connectivity index (χ2n) is 8.50. The average Bonchev–Trinajstić information content (AvgIpc) is 2.87. The Morgan fingerprint density at radius 3 is 2.31 bits per heavy atom. The first-order valence-electron chi connectivity index (χ1n) is 11.8. The van der Waals surface area contributed by atoms with E-state index in [9.17, 15) is 18.0 Å². The molecule has 9 heteroatoms. The Morgan fingerprint density at radius 1 is 1.00 bits per heavy atom. The van der Waals surface area contributed by atoms with E-state index in [1.54, 1.807) is 36.9 Å². The maximum absolute atomic E-state index is 12.9. The Morgan fingerprint density at radius 2 is 1.67 bits per heavy atom. The molecule has 0 aromatic heterocycles. The molecule has 0 bridgehead atoms. The number of amides is 2. The van der Waals surface area contributed by atoms with Crippen LogP contribution in [0, 0.1) is 6.92 Å². The maximum atomic E-state index is 12.9. The predicted octanol–water partition coefficient (Wildman–Crippen LogP) is 4.20. The Labute approximate surface area is 211 Å². The normalized spacial score (nSPS) is 13.3. The molecule has 0 atom stereocenters. The van der Waals surface area contributed by atoms with Gasteiger partial charge in [0.05, 0.1) is 17.1 Å². The van der Waals surface area contributed by atoms with Crippen LogP contribution in [0.4, 0.5) is 11.4 Å². The summed E-state index contributed by atoms with van der Waals surface area (Å²) in [6.07, 6.45) is 0. The predicted molar refractivity (Wildman–Crippen MR) is 139 cm³/mol. The van der Waals surface area contributed by atoms with Crippen molar-refractivity contribution in [2.24, 2.45) is 0 Å². The number of benzene rings is 3. The van der Waals surface area contributed by atoms with Gasteiger partial charge in [-0.2, -0.15) is 4.31 Å². The Hall–Kier alpha value is -3.69. The van der Waals surface area contributed by atoms with Gasteiger partial charge < -0.3 is 15.0 Å². The van der Waals surface area contributed by atoms with Gasteiger partial charge in [-0.25, -0.2) is 8.42 Å². The fourth-order valence-corrected chi connectivity index (χ4v) is 5.48. The molecule has 1 aliphatic heterocycles. The van der Waals surface area contributed by atoms with Crippen LogP contribution in [0.3, 0.4) is 0 Å². The summed E-state index contributed by atoms with van der Waals surface area (Å²) in [4.78, 5) is 27.3. The second kappa shape index (κ2) is 10.5. The molecule has 0 saturated carbocycles. The largest absolute Gasteiger partial charge is 0.482 e. The molecule has 3 aromatic carbocycles. The van der Waals surface area contributed by atoms with E-state index in [0.717, 1.165) is 11.1 Å². The summed E-state index contributed by atoms with van der Waals surface area (Å²) in [7, 11) is -3.60. The van der Waals surface area contributed by atoms with E-state index in [4.69, 9.17) is 4.74 Å². The smallest absolute Gasteiger partial charge is 0.265 e. The van der Waals surface area contributed by atoms with E-state index in [1.807, 2.05) is 31.2 Å². The number of carbonyl (C=O) groups excluding carboxylic acids is 2. The molecular weight excluding hydrogens is 478 g/mol. The highest BCUT2D eigenvalue weighted by molar-refractivity contribution is 7.89. The van der Waals surface area contributed by atoms with Crippen molar-refractivity contribution >= 4 is 33.2 Å². The topological polar surface area (TPSA) is 96.0 Å². The third-order valence-electron chi connectivity index (χ3n) is 6.08. The molecule has 1 aliphatic rings. The summed E-state index contributed by atoms with van der Waals surface area (Å²) in [5.41, 5.74) is 3.50. The van der Waals surface area contributed by atoms with Crippen LogP contribution in [0.1, 0.15) is 35.3 Å². The Bertz CT molecular complexity index is 1370. The first-order valence-corrected chi connectivity index (χ1v) is 13.2. The number of ether oxygens (including phenoxy) is 1. The van der Waals surface area contributed by atoms with Crippen LogP contribution < -0.4 is 15.0 Å². The molecule has 36 heavy (non-hydrogen) atoms. The van der Waals surface area contributed by atoms with Crippen LogP contribution in [0.5, 0.6) is 5.75 Å². The molecule has 1 N–H and O–H groups in total. The molecule has 0 saturated heterocycles. The van der Waals surface area contributed by atoms with Crippen molar-refractivity contribution in [3.8, 4) is 5.75 Å². The standard InChI is InChI=1S/C27H29N3O5S/c1-4-29(5-2)36(33,34)23-13-10-21(11-14-23)27(32)28-22-12-15-25-24(16-22)30(26(31)18-35-25)17-20-8-6-19(3)7-9-20/h6-16H,4-5,17-18H2,1-3H3,(H,28,32). The quantitative estimate of drug-likeness (QED) is 0.493. The molecule has 8 nitrogen and oxygen atoms in total. The lowest BCUT2D eigenvalue weighted by Crippen LogP contribution is -2.38. The van der Waals surface area contributed by atoms with Gasteiger partial charge in [0.1, 0.15) is 5.75 Å². The molecule has 188 valence electrons. The summed E-state index contributed by atoms with van der Waals surface area (Å²) in [5, 5.41) is 2.83. The number of carbonyl (C=O) groups is 2. The number of sulfonamides is 1. The lowest BCUT2D eigenvalue weighted by Gasteiger charge is -2.30. The molecular formula is C27H29N3O5S. The number of aryl methyl sites for hydroxylation is 1. The van der Waals surface area contributed by atoms with Crippen LogP contribution in [-0.2, 0) is 21.4 Å². The van der Waals surface area contributed by atoms with Gasteiger partial charge in [0.25, 0.3) is 11.8 Å². The third-order valence-corrected chi connectivity index (χ3v) is 8.14. The highest BCUT2D eigenvalue weighted by atomic mass is 32.2. The number of nitrogens with one attached hydrogen (secondary N) is 1. The zero-order chi connectivity index (χ0) is 25.9. The highest BCUT2D eigenvalue weighted by Crippen LogP contribution is 2.35. The van der Waals surface area contributed by atoms with Crippen LogP contribution in [0.25, 0.3) is 0 Å². The average molecular weight is 508 g/mol. The number of nitrogens with zero attached hydrogens (tertiary/aromatic N) is 2. The van der Waals surface area contributed by atoms with E-state index < -0.39 is 15.9 Å². The van der Waals surface area contributed by atoms with Crippen molar-refractivity contribution in [3.63, 3.8) is 0 Å². The molecule has 0 unspecified atom stereocenters. The Kier molecular flexibility index (Phi) is 7.42.